The van der Waals surface area contributed by atoms with Crippen molar-refractivity contribution in [2.45, 2.75) is 19.8 Å². The summed E-state index contributed by atoms with van der Waals surface area (Å²) in [5.74, 6) is -1.07. The molecular formula is C20H13Cl2F3N3O3S+. The Morgan fingerprint density at radius 3 is 2.69 bits per heavy atom. The number of hydrogen-bond donors (Lipinski definition) is 1. The fourth-order valence-electron chi connectivity index (χ4n) is 3.38. The van der Waals surface area contributed by atoms with Gasteiger partial charge in [0.2, 0.25) is 0 Å². The van der Waals surface area contributed by atoms with Gasteiger partial charge < -0.3 is 9.84 Å². The first-order valence-corrected chi connectivity index (χ1v) is 10.5. The molecule has 1 aromatic carbocycles. The molecule has 0 bridgehead atoms. The van der Waals surface area contributed by atoms with Crippen molar-refractivity contribution in [3.8, 4) is 22.8 Å². The molecule has 1 N–H and O–H groups in total. The van der Waals surface area contributed by atoms with E-state index in [1.807, 2.05) is 0 Å². The van der Waals surface area contributed by atoms with Crippen molar-refractivity contribution in [3.63, 3.8) is 0 Å². The largest absolute Gasteiger partial charge is 0.573 e. The Labute approximate surface area is 192 Å². The molecule has 0 radical (unpaired) electrons. The third-order valence-corrected chi connectivity index (χ3v) is 5.88. The molecule has 166 valence electrons. The van der Waals surface area contributed by atoms with E-state index >= 15 is 0 Å². The Bertz CT molecular complexity index is 1400. The van der Waals surface area contributed by atoms with E-state index in [9.17, 15) is 23.1 Å². The summed E-state index contributed by atoms with van der Waals surface area (Å²) in [7, 11) is 0. The Morgan fingerprint density at radius 2 is 2.03 bits per heavy atom. The molecular weight excluding hydrogens is 490 g/mol. The van der Waals surface area contributed by atoms with Crippen LogP contribution < -0.4 is 14.7 Å². The standard InChI is InChI=1S/C20H12Cl2F3N3O3S/c1-10-3-2-4-27-16(10)28(9-14-8-26-19(22)32-14)18(30)15(17(27)29)11-5-12(21)7-13(6-11)31-20(23,24)25/h2-8H,9H2,1H3/p+1. The number of fused-ring (bicyclic) bond motifs is 1. The van der Waals surface area contributed by atoms with Crippen molar-refractivity contribution < 1.29 is 27.4 Å². The van der Waals surface area contributed by atoms with Crippen molar-refractivity contribution in [1.29, 1.82) is 0 Å². The SMILES string of the molecule is Cc1ccc[n+]2c(=O)c(-c3cc(Cl)cc(OC(F)(F)F)c3)c(O)n(Cc3cnc(Cl)s3)c12. The van der Waals surface area contributed by atoms with E-state index in [0.29, 0.717) is 20.6 Å². The summed E-state index contributed by atoms with van der Waals surface area (Å²) < 4.78 is 45.2. The van der Waals surface area contributed by atoms with Gasteiger partial charge in [0.25, 0.3) is 11.5 Å². The van der Waals surface area contributed by atoms with Crippen LogP contribution in [0.1, 0.15) is 10.4 Å². The number of pyridine rings is 1. The lowest BCUT2D eigenvalue weighted by Crippen LogP contribution is -2.44. The number of rotatable bonds is 4. The van der Waals surface area contributed by atoms with Gasteiger partial charge in [0.1, 0.15) is 12.3 Å². The van der Waals surface area contributed by atoms with Crippen molar-refractivity contribution in [2.75, 3.05) is 0 Å². The summed E-state index contributed by atoms with van der Waals surface area (Å²) >= 11 is 13.1. The second kappa shape index (κ2) is 8.27. The first kappa shape index (κ1) is 22.4. The van der Waals surface area contributed by atoms with Crippen LogP contribution >= 0.6 is 34.5 Å². The number of aromatic nitrogens is 3. The minimum absolute atomic E-state index is 0.0359. The zero-order chi connectivity index (χ0) is 23.2. The van der Waals surface area contributed by atoms with Gasteiger partial charge in [0, 0.05) is 22.3 Å². The number of benzene rings is 1. The number of nitrogens with zero attached hydrogens (tertiary/aromatic N) is 3. The third kappa shape index (κ3) is 4.38. The molecule has 0 spiro atoms. The van der Waals surface area contributed by atoms with Crippen molar-refractivity contribution in [2.24, 2.45) is 0 Å². The number of hydrogen-bond acceptors (Lipinski definition) is 5. The smallest absolute Gasteiger partial charge is 0.477 e. The molecule has 0 aliphatic rings. The van der Waals surface area contributed by atoms with Crippen LogP contribution in [0.3, 0.4) is 0 Å². The number of aromatic hydroxyl groups is 1. The number of alkyl halides is 3. The molecule has 0 saturated heterocycles. The number of halogens is 5. The van der Waals surface area contributed by atoms with Crippen LogP contribution in [0.5, 0.6) is 11.6 Å². The maximum Gasteiger partial charge on any atom is 0.573 e. The fourth-order valence-corrected chi connectivity index (χ4v) is 4.57. The Morgan fingerprint density at radius 1 is 1.28 bits per heavy atom. The number of ether oxygens (including phenoxy) is 1. The second-order valence-electron chi connectivity index (χ2n) is 6.78. The molecule has 0 amide bonds. The summed E-state index contributed by atoms with van der Waals surface area (Å²) in [6, 6.07) is 6.64. The molecule has 12 heteroatoms. The fraction of sp³-hybridized carbons (Fsp3) is 0.150. The van der Waals surface area contributed by atoms with Gasteiger partial charge >= 0.3 is 11.9 Å². The quantitative estimate of drug-likeness (QED) is 0.399. The van der Waals surface area contributed by atoms with Gasteiger partial charge in [-0.2, -0.15) is 8.97 Å². The van der Waals surface area contributed by atoms with E-state index in [1.165, 1.54) is 38.8 Å². The monoisotopic (exact) mass is 502 g/mol. The minimum Gasteiger partial charge on any atom is -0.477 e. The molecule has 0 aliphatic heterocycles. The summed E-state index contributed by atoms with van der Waals surface area (Å²) in [5.41, 5.74) is 0.177. The first-order valence-electron chi connectivity index (χ1n) is 8.97. The highest BCUT2D eigenvalue weighted by atomic mass is 35.5. The predicted molar refractivity (Wildman–Crippen MR) is 114 cm³/mol. The predicted octanol–water partition coefficient (Wildman–Crippen LogP) is 4.98. The van der Waals surface area contributed by atoms with Gasteiger partial charge in [-0.1, -0.05) is 23.2 Å². The summed E-state index contributed by atoms with van der Waals surface area (Å²) in [4.78, 5) is 17.9. The van der Waals surface area contributed by atoms with Gasteiger partial charge in [-0.25, -0.2) is 9.78 Å². The van der Waals surface area contributed by atoms with Crippen LogP contribution in [-0.2, 0) is 6.54 Å². The lowest BCUT2D eigenvalue weighted by Gasteiger charge is -2.13. The van der Waals surface area contributed by atoms with Crippen molar-refractivity contribution in [3.05, 3.63) is 73.0 Å². The average molecular weight is 503 g/mol. The van der Waals surface area contributed by atoms with E-state index in [-0.39, 0.29) is 22.7 Å². The van der Waals surface area contributed by atoms with E-state index in [4.69, 9.17) is 23.2 Å². The zero-order valence-electron chi connectivity index (χ0n) is 16.2. The van der Waals surface area contributed by atoms with E-state index in [1.54, 1.807) is 19.1 Å². The van der Waals surface area contributed by atoms with Crippen LogP contribution in [0.2, 0.25) is 9.49 Å². The first-order chi connectivity index (χ1) is 15.0. The van der Waals surface area contributed by atoms with Crippen LogP contribution in [-0.4, -0.2) is 21.0 Å². The summed E-state index contributed by atoms with van der Waals surface area (Å²) in [5, 5.41) is 11.0. The molecule has 0 aliphatic carbocycles. The highest BCUT2D eigenvalue weighted by Crippen LogP contribution is 2.34. The topological polar surface area (TPSA) is 68.5 Å². The van der Waals surface area contributed by atoms with E-state index < -0.39 is 23.6 Å². The minimum atomic E-state index is -4.95. The van der Waals surface area contributed by atoms with Crippen LogP contribution in [0.25, 0.3) is 16.8 Å². The molecule has 0 saturated carbocycles. The van der Waals surface area contributed by atoms with E-state index in [2.05, 4.69) is 9.72 Å². The Hall–Kier alpha value is -2.82. The lowest BCUT2D eigenvalue weighted by molar-refractivity contribution is -0.532. The van der Waals surface area contributed by atoms with Gasteiger partial charge in [0.15, 0.2) is 10.0 Å². The zero-order valence-corrected chi connectivity index (χ0v) is 18.5. The second-order valence-corrected chi connectivity index (χ2v) is 8.91. The normalized spacial score (nSPS) is 11.8. The molecule has 32 heavy (non-hydrogen) atoms. The van der Waals surface area contributed by atoms with Crippen molar-refractivity contribution >= 4 is 40.2 Å². The molecule has 6 nitrogen and oxygen atoms in total. The molecule has 0 atom stereocenters. The molecule has 3 heterocycles. The third-order valence-electron chi connectivity index (χ3n) is 4.56. The summed E-state index contributed by atoms with van der Waals surface area (Å²) in [6.45, 7) is 1.88. The van der Waals surface area contributed by atoms with Crippen molar-refractivity contribution in [1.82, 2.24) is 9.55 Å². The molecule has 4 rings (SSSR count). The number of aryl methyl sites for hydroxylation is 1. The van der Waals surface area contributed by atoms with Gasteiger partial charge in [-0.15, -0.1) is 24.5 Å². The van der Waals surface area contributed by atoms with Gasteiger partial charge in [0.05, 0.1) is 11.1 Å². The van der Waals surface area contributed by atoms with E-state index in [0.717, 1.165) is 12.1 Å². The number of thiazole rings is 1. The van der Waals surface area contributed by atoms with Gasteiger partial charge in [-0.3, -0.25) is 0 Å². The van der Waals surface area contributed by atoms with Crippen LogP contribution in [0.4, 0.5) is 13.2 Å². The van der Waals surface area contributed by atoms with Crippen LogP contribution in [0.15, 0.2) is 47.5 Å². The highest BCUT2D eigenvalue weighted by molar-refractivity contribution is 7.15. The maximum absolute atomic E-state index is 13.3. The molecule has 0 fully saturated rings. The van der Waals surface area contributed by atoms with Crippen LogP contribution in [0, 0.1) is 6.92 Å². The molecule has 3 aromatic heterocycles. The molecule has 4 aromatic rings. The molecule has 0 unspecified atom stereocenters. The highest BCUT2D eigenvalue weighted by Gasteiger charge is 2.32. The Balaban J connectivity index is 2.00. The summed E-state index contributed by atoms with van der Waals surface area (Å²) in [6.07, 6.45) is -1.92. The maximum atomic E-state index is 13.3. The van der Waals surface area contributed by atoms with Gasteiger partial charge in [-0.05, 0) is 37.3 Å². The Kier molecular flexibility index (Phi) is 5.78. The average Bonchev–Trinajstić information content (AvgIpc) is 3.08. The lowest BCUT2D eigenvalue weighted by atomic mass is 10.1.